The van der Waals surface area contributed by atoms with E-state index < -0.39 is 5.97 Å². The summed E-state index contributed by atoms with van der Waals surface area (Å²) in [6, 6.07) is 0. The van der Waals surface area contributed by atoms with E-state index in [2.05, 4.69) is 0 Å². The Morgan fingerprint density at radius 1 is 1.50 bits per heavy atom. The molecule has 1 saturated carbocycles. The van der Waals surface area contributed by atoms with Gasteiger partial charge in [-0.05, 0) is 31.7 Å². The number of nitrogens with two attached hydrogens (primary N) is 1. The average Bonchev–Trinajstić information content (AvgIpc) is 2.05. The standard InChI is InChI=1S/C8H15NO2.ClH/c9-5-6-2-1-3-7(4-6)8(10)11;/h6-7H,1-5,9H2,(H,10,11);1H/t6-,7-;/m0./s1. The summed E-state index contributed by atoms with van der Waals surface area (Å²) < 4.78 is 0. The van der Waals surface area contributed by atoms with Crippen LogP contribution in [0.15, 0.2) is 0 Å². The third kappa shape index (κ3) is 2.99. The first kappa shape index (κ1) is 11.7. The Morgan fingerprint density at radius 2 is 2.17 bits per heavy atom. The third-order valence-corrected chi connectivity index (χ3v) is 2.47. The van der Waals surface area contributed by atoms with Gasteiger partial charge in [0, 0.05) is 0 Å². The van der Waals surface area contributed by atoms with Crippen LogP contribution in [0.2, 0.25) is 0 Å². The summed E-state index contributed by atoms with van der Waals surface area (Å²) >= 11 is 0. The average molecular weight is 194 g/mol. The van der Waals surface area contributed by atoms with E-state index in [0.717, 1.165) is 25.7 Å². The molecule has 0 amide bonds. The van der Waals surface area contributed by atoms with Gasteiger partial charge in [0.1, 0.15) is 0 Å². The highest BCUT2D eigenvalue weighted by molar-refractivity contribution is 5.85. The second-order valence-electron chi connectivity index (χ2n) is 3.30. The van der Waals surface area contributed by atoms with Crippen LogP contribution in [0.25, 0.3) is 0 Å². The lowest BCUT2D eigenvalue weighted by Gasteiger charge is -2.25. The van der Waals surface area contributed by atoms with Crippen LogP contribution in [0.5, 0.6) is 0 Å². The smallest absolute Gasteiger partial charge is 0.306 e. The van der Waals surface area contributed by atoms with Gasteiger partial charge in [0.2, 0.25) is 0 Å². The molecule has 72 valence electrons. The minimum atomic E-state index is -0.650. The van der Waals surface area contributed by atoms with Gasteiger partial charge in [-0.3, -0.25) is 4.79 Å². The quantitative estimate of drug-likeness (QED) is 0.694. The predicted molar refractivity (Wildman–Crippen MR) is 49.4 cm³/mol. The first-order valence-electron chi connectivity index (χ1n) is 4.17. The highest BCUT2D eigenvalue weighted by Crippen LogP contribution is 2.28. The number of carbonyl (C=O) groups is 1. The van der Waals surface area contributed by atoms with E-state index in [1.54, 1.807) is 0 Å². The van der Waals surface area contributed by atoms with E-state index in [4.69, 9.17) is 10.8 Å². The molecule has 2 atom stereocenters. The first-order valence-corrected chi connectivity index (χ1v) is 4.17. The lowest BCUT2D eigenvalue weighted by molar-refractivity contribution is -0.143. The van der Waals surface area contributed by atoms with Crippen molar-refractivity contribution in [3.63, 3.8) is 0 Å². The second-order valence-corrected chi connectivity index (χ2v) is 3.30. The highest BCUT2D eigenvalue weighted by Gasteiger charge is 2.25. The molecular weight excluding hydrogens is 178 g/mol. The summed E-state index contributed by atoms with van der Waals surface area (Å²) in [5, 5.41) is 8.71. The Kier molecular flexibility index (Phi) is 5.25. The number of halogens is 1. The van der Waals surface area contributed by atoms with Gasteiger partial charge < -0.3 is 10.8 Å². The minimum Gasteiger partial charge on any atom is -0.481 e. The fraction of sp³-hybridized carbons (Fsp3) is 0.875. The van der Waals surface area contributed by atoms with E-state index in [1.807, 2.05) is 0 Å². The Bertz CT molecular complexity index is 152. The number of aliphatic carboxylic acids is 1. The van der Waals surface area contributed by atoms with Crippen molar-refractivity contribution in [1.82, 2.24) is 0 Å². The van der Waals surface area contributed by atoms with Crippen molar-refractivity contribution in [3.05, 3.63) is 0 Å². The molecule has 0 radical (unpaired) electrons. The maximum absolute atomic E-state index is 10.6. The van der Waals surface area contributed by atoms with Gasteiger partial charge in [-0.15, -0.1) is 12.4 Å². The largest absolute Gasteiger partial charge is 0.481 e. The summed E-state index contributed by atoms with van der Waals surface area (Å²) in [6.07, 6.45) is 3.76. The van der Waals surface area contributed by atoms with Crippen LogP contribution >= 0.6 is 12.4 Å². The molecule has 3 nitrogen and oxygen atoms in total. The molecule has 12 heavy (non-hydrogen) atoms. The molecule has 0 aromatic carbocycles. The van der Waals surface area contributed by atoms with E-state index in [0.29, 0.717) is 12.5 Å². The molecule has 0 heterocycles. The molecule has 0 bridgehead atoms. The molecular formula is C8H16ClNO2. The van der Waals surface area contributed by atoms with Crippen LogP contribution < -0.4 is 5.73 Å². The zero-order valence-corrected chi connectivity index (χ0v) is 7.85. The number of rotatable bonds is 2. The van der Waals surface area contributed by atoms with Crippen molar-refractivity contribution in [1.29, 1.82) is 0 Å². The Morgan fingerprint density at radius 3 is 2.67 bits per heavy atom. The van der Waals surface area contributed by atoms with Crippen LogP contribution in [-0.4, -0.2) is 17.6 Å². The van der Waals surface area contributed by atoms with Crippen molar-refractivity contribution in [2.45, 2.75) is 25.7 Å². The van der Waals surface area contributed by atoms with E-state index in [9.17, 15) is 4.79 Å². The zero-order chi connectivity index (χ0) is 8.27. The van der Waals surface area contributed by atoms with Crippen LogP contribution in [-0.2, 0) is 4.79 Å². The maximum Gasteiger partial charge on any atom is 0.306 e. The Labute approximate surface area is 78.7 Å². The van der Waals surface area contributed by atoms with Crippen LogP contribution in [0.4, 0.5) is 0 Å². The monoisotopic (exact) mass is 193 g/mol. The lowest BCUT2D eigenvalue weighted by atomic mass is 9.81. The second kappa shape index (κ2) is 5.38. The van der Waals surface area contributed by atoms with Crippen LogP contribution in [0.3, 0.4) is 0 Å². The molecule has 3 N–H and O–H groups in total. The fourth-order valence-electron chi connectivity index (χ4n) is 1.73. The molecule has 1 aliphatic carbocycles. The summed E-state index contributed by atoms with van der Waals surface area (Å²) in [5.74, 6) is -0.328. The topological polar surface area (TPSA) is 63.3 Å². The van der Waals surface area contributed by atoms with Gasteiger partial charge in [0.05, 0.1) is 5.92 Å². The molecule has 1 aliphatic rings. The molecule has 0 saturated heterocycles. The molecule has 0 aromatic heterocycles. The Hall–Kier alpha value is -0.280. The molecule has 1 fully saturated rings. The van der Waals surface area contributed by atoms with Crippen molar-refractivity contribution < 1.29 is 9.90 Å². The molecule has 0 spiro atoms. The summed E-state index contributed by atoms with van der Waals surface area (Å²) in [5.41, 5.74) is 5.47. The minimum absolute atomic E-state index is 0. The summed E-state index contributed by atoms with van der Waals surface area (Å²) in [6.45, 7) is 0.643. The summed E-state index contributed by atoms with van der Waals surface area (Å²) in [4.78, 5) is 10.6. The first-order chi connectivity index (χ1) is 5.24. The van der Waals surface area contributed by atoms with Gasteiger partial charge in [0.25, 0.3) is 0 Å². The fourth-order valence-corrected chi connectivity index (χ4v) is 1.73. The number of hydrogen-bond donors (Lipinski definition) is 2. The number of carboxylic acid groups (broad SMARTS) is 1. The number of carboxylic acids is 1. The normalized spacial score (nSPS) is 29.1. The lowest BCUT2D eigenvalue weighted by Crippen LogP contribution is -2.26. The van der Waals surface area contributed by atoms with Gasteiger partial charge in [-0.1, -0.05) is 6.42 Å². The van der Waals surface area contributed by atoms with Crippen LogP contribution in [0, 0.1) is 11.8 Å². The van der Waals surface area contributed by atoms with Crippen molar-refractivity contribution >= 4 is 18.4 Å². The van der Waals surface area contributed by atoms with E-state index in [1.165, 1.54) is 0 Å². The summed E-state index contributed by atoms with van der Waals surface area (Å²) in [7, 11) is 0. The molecule has 4 heteroatoms. The van der Waals surface area contributed by atoms with Crippen molar-refractivity contribution in [3.8, 4) is 0 Å². The highest BCUT2D eigenvalue weighted by atomic mass is 35.5. The van der Waals surface area contributed by atoms with E-state index in [-0.39, 0.29) is 18.3 Å². The van der Waals surface area contributed by atoms with Gasteiger partial charge >= 0.3 is 5.97 Å². The molecule has 0 aromatic rings. The zero-order valence-electron chi connectivity index (χ0n) is 7.03. The van der Waals surface area contributed by atoms with Crippen molar-refractivity contribution in [2.24, 2.45) is 17.6 Å². The molecule has 0 aliphatic heterocycles. The SMILES string of the molecule is Cl.NC[C@H]1CCC[C@H](C(=O)O)C1. The van der Waals surface area contributed by atoms with Gasteiger partial charge in [-0.2, -0.15) is 0 Å². The third-order valence-electron chi connectivity index (χ3n) is 2.47. The van der Waals surface area contributed by atoms with Gasteiger partial charge in [0.15, 0.2) is 0 Å². The maximum atomic E-state index is 10.6. The number of hydrogen-bond acceptors (Lipinski definition) is 2. The van der Waals surface area contributed by atoms with Crippen LogP contribution in [0.1, 0.15) is 25.7 Å². The predicted octanol–water partition coefficient (Wildman–Crippen LogP) is 1.26. The Balaban J connectivity index is 0.00000121. The van der Waals surface area contributed by atoms with Crippen molar-refractivity contribution in [2.75, 3.05) is 6.54 Å². The van der Waals surface area contributed by atoms with E-state index >= 15 is 0 Å². The van der Waals surface area contributed by atoms with Gasteiger partial charge in [-0.25, -0.2) is 0 Å². The molecule has 1 rings (SSSR count). The molecule has 0 unspecified atom stereocenters.